The Morgan fingerprint density at radius 1 is 0.349 bits per heavy atom. The number of furan rings is 1. The molecular weight excluding hydrogens is 769 g/mol. The zero-order chi connectivity index (χ0) is 41.2. The molecule has 3 heterocycles. The summed E-state index contributed by atoms with van der Waals surface area (Å²) in [4.78, 5) is 15.2. The Kier molecular flexibility index (Phi) is 6.97. The maximum Gasteiger partial charge on any atom is 0.167 e. The highest BCUT2D eigenvalue weighted by Gasteiger charge is 2.52. The van der Waals surface area contributed by atoms with Crippen LogP contribution in [-0.2, 0) is 5.41 Å². The van der Waals surface area contributed by atoms with E-state index >= 15 is 0 Å². The lowest BCUT2D eigenvalue weighted by Crippen LogP contribution is -2.26. The quantitative estimate of drug-likeness (QED) is 0.178. The molecule has 5 heteroatoms. The van der Waals surface area contributed by atoms with Gasteiger partial charge in [-0.15, -0.1) is 0 Å². The molecule has 0 saturated carbocycles. The Morgan fingerprint density at radius 3 is 1.49 bits per heavy atom. The summed E-state index contributed by atoms with van der Waals surface area (Å²) in [5.41, 5.74) is 17.4. The summed E-state index contributed by atoms with van der Waals surface area (Å²) in [6, 6.07) is 73.6. The molecule has 0 aliphatic heterocycles. The van der Waals surface area contributed by atoms with Crippen molar-refractivity contribution >= 4 is 43.7 Å². The third-order valence-electron chi connectivity index (χ3n) is 13.5. The highest BCUT2D eigenvalue weighted by Crippen LogP contribution is 2.64. The first-order valence-corrected chi connectivity index (χ1v) is 21.5. The first kappa shape index (κ1) is 34.3. The Bertz CT molecular complexity index is 3740. The topological polar surface area (TPSA) is 56.7 Å². The van der Waals surface area contributed by atoms with Crippen LogP contribution in [0.3, 0.4) is 0 Å². The Labute approximate surface area is 362 Å². The standard InChI is InChI=1S/C58H34N4O/c1-3-17-35(18-4-1)55-59-56(36-19-5-2-6-20-36)61-57(60-55)44-27-15-25-41-42-26-16-32-50(54(42)63-53(41)44)62-48-31-14-10-24-43(48)51-49(62)34-33-40-39-23-9-13-30-47(39)58(52(40)51)45-28-11-7-21-37(45)38-22-8-12-29-46(38)58/h1-34H. The van der Waals surface area contributed by atoms with Gasteiger partial charge in [-0.25, -0.2) is 15.0 Å². The van der Waals surface area contributed by atoms with Crippen LogP contribution in [0.5, 0.6) is 0 Å². The second kappa shape index (κ2) is 12.8. The molecule has 292 valence electrons. The van der Waals surface area contributed by atoms with E-state index in [0.717, 1.165) is 55.3 Å². The Morgan fingerprint density at radius 2 is 0.841 bits per heavy atom. The van der Waals surface area contributed by atoms with Gasteiger partial charge in [-0.1, -0.05) is 182 Å². The predicted molar refractivity (Wildman–Crippen MR) is 254 cm³/mol. The Hall–Kier alpha value is -8.41. The van der Waals surface area contributed by atoms with E-state index in [9.17, 15) is 0 Å². The lowest BCUT2D eigenvalue weighted by Gasteiger charge is -2.31. The van der Waals surface area contributed by atoms with Crippen molar-refractivity contribution in [2.24, 2.45) is 0 Å². The number of para-hydroxylation sites is 3. The molecule has 0 N–H and O–H groups in total. The van der Waals surface area contributed by atoms with Gasteiger partial charge >= 0.3 is 0 Å². The first-order chi connectivity index (χ1) is 31.3. The predicted octanol–water partition coefficient (Wildman–Crippen LogP) is 14.2. The van der Waals surface area contributed by atoms with Gasteiger partial charge < -0.3 is 8.98 Å². The molecule has 12 aromatic rings. The average molecular weight is 803 g/mol. The van der Waals surface area contributed by atoms with Crippen LogP contribution in [0.15, 0.2) is 211 Å². The fourth-order valence-electron chi connectivity index (χ4n) is 11.0. The highest BCUT2D eigenvalue weighted by atomic mass is 16.3. The maximum atomic E-state index is 7.19. The normalized spacial score (nSPS) is 13.2. The number of benzene rings is 9. The lowest BCUT2D eigenvalue weighted by molar-refractivity contribution is 0.667. The van der Waals surface area contributed by atoms with E-state index in [4.69, 9.17) is 19.4 Å². The van der Waals surface area contributed by atoms with Gasteiger partial charge in [-0.2, -0.15) is 0 Å². The summed E-state index contributed by atoms with van der Waals surface area (Å²) in [5, 5.41) is 4.49. The monoisotopic (exact) mass is 802 g/mol. The van der Waals surface area contributed by atoms with Crippen LogP contribution >= 0.6 is 0 Å². The van der Waals surface area contributed by atoms with Crippen molar-refractivity contribution in [3.63, 3.8) is 0 Å². The van der Waals surface area contributed by atoms with Gasteiger partial charge in [-0.3, -0.25) is 0 Å². The molecule has 0 radical (unpaired) electrons. The van der Waals surface area contributed by atoms with Crippen molar-refractivity contribution in [1.29, 1.82) is 0 Å². The fourth-order valence-corrected chi connectivity index (χ4v) is 11.0. The van der Waals surface area contributed by atoms with Gasteiger partial charge in [0.1, 0.15) is 5.58 Å². The third-order valence-corrected chi connectivity index (χ3v) is 13.5. The molecule has 2 aliphatic carbocycles. The van der Waals surface area contributed by atoms with E-state index in [1.54, 1.807) is 0 Å². The second-order valence-corrected chi connectivity index (χ2v) is 16.6. The zero-order valence-electron chi connectivity index (χ0n) is 33.8. The van der Waals surface area contributed by atoms with E-state index in [0.29, 0.717) is 17.5 Å². The number of hydrogen-bond donors (Lipinski definition) is 0. The lowest BCUT2D eigenvalue weighted by atomic mass is 9.69. The van der Waals surface area contributed by atoms with E-state index in [-0.39, 0.29) is 0 Å². The van der Waals surface area contributed by atoms with E-state index in [2.05, 4.69) is 150 Å². The summed E-state index contributed by atoms with van der Waals surface area (Å²) in [7, 11) is 0. The van der Waals surface area contributed by atoms with Crippen LogP contribution < -0.4 is 0 Å². The minimum atomic E-state index is -0.490. The summed E-state index contributed by atoms with van der Waals surface area (Å²) < 4.78 is 9.61. The molecule has 9 aromatic carbocycles. The molecule has 14 rings (SSSR count). The molecule has 1 spiro atoms. The minimum absolute atomic E-state index is 0.490. The van der Waals surface area contributed by atoms with Crippen molar-refractivity contribution in [1.82, 2.24) is 19.5 Å². The molecule has 0 bridgehead atoms. The van der Waals surface area contributed by atoms with Crippen molar-refractivity contribution in [3.05, 3.63) is 229 Å². The summed E-state index contributed by atoms with van der Waals surface area (Å²) in [5.74, 6) is 1.78. The smallest absolute Gasteiger partial charge is 0.167 e. The van der Waals surface area contributed by atoms with Crippen LogP contribution in [0.4, 0.5) is 0 Å². The number of hydrogen-bond acceptors (Lipinski definition) is 4. The third kappa shape index (κ3) is 4.57. The second-order valence-electron chi connectivity index (χ2n) is 16.6. The van der Waals surface area contributed by atoms with E-state index < -0.39 is 5.41 Å². The van der Waals surface area contributed by atoms with E-state index in [1.165, 1.54) is 55.3 Å². The minimum Gasteiger partial charge on any atom is -0.453 e. The summed E-state index contributed by atoms with van der Waals surface area (Å²) in [6.45, 7) is 0. The average Bonchev–Trinajstić information content (AvgIpc) is 4.08. The Balaban J connectivity index is 1.05. The van der Waals surface area contributed by atoms with Crippen molar-refractivity contribution in [2.75, 3.05) is 0 Å². The molecule has 0 saturated heterocycles. The van der Waals surface area contributed by atoms with E-state index in [1.807, 2.05) is 60.7 Å². The highest BCUT2D eigenvalue weighted by molar-refractivity contribution is 6.18. The molecule has 0 unspecified atom stereocenters. The molecular formula is C58H34N4O. The molecule has 63 heavy (non-hydrogen) atoms. The fraction of sp³-hybridized carbons (Fsp3) is 0.0172. The van der Waals surface area contributed by atoms with Crippen molar-refractivity contribution < 1.29 is 4.42 Å². The van der Waals surface area contributed by atoms with Crippen LogP contribution in [-0.4, -0.2) is 19.5 Å². The van der Waals surface area contributed by atoms with Crippen molar-refractivity contribution in [2.45, 2.75) is 5.41 Å². The molecule has 5 nitrogen and oxygen atoms in total. The molecule has 0 atom stereocenters. The van der Waals surface area contributed by atoms with Gasteiger partial charge in [0.15, 0.2) is 23.1 Å². The molecule has 0 amide bonds. The molecule has 3 aromatic heterocycles. The summed E-state index contributed by atoms with van der Waals surface area (Å²) >= 11 is 0. The van der Waals surface area contributed by atoms with Crippen molar-refractivity contribution in [3.8, 4) is 62.1 Å². The number of fused-ring (bicyclic) bond motifs is 17. The zero-order valence-corrected chi connectivity index (χ0v) is 33.8. The van der Waals surface area contributed by atoms with Gasteiger partial charge in [-0.05, 0) is 68.8 Å². The van der Waals surface area contributed by atoms with Crippen LogP contribution in [0, 0.1) is 0 Å². The van der Waals surface area contributed by atoms with Gasteiger partial charge in [0.05, 0.1) is 27.7 Å². The van der Waals surface area contributed by atoms with Gasteiger partial charge in [0, 0.05) is 32.7 Å². The largest absolute Gasteiger partial charge is 0.453 e. The first-order valence-electron chi connectivity index (χ1n) is 21.5. The number of aromatic nitrogens is 4. The SMILES string of the molecule is c1ccc(-c2nc(-c3ccccc3)nc(-c3cccc4c3oc3c(-n5c6ccccc6c6c7c(ccc65)-c5ccccc5C75c6ccccc6-c6ccccc65)cccc34)n2)cc1. The van der Waals surface area contributed by atoms with Crippen LogP contribution in [0.2, 0.25) is 0 Å². The van der Waals surface area contributed by atoms with Crippen LogP contribution in [0.1, 0.15) is 22.3 Å². The molecule has 0 fully saturated rings. The summed E-state index contributed by atoms with van der Waals surface area (Å²) in [6.07, 6.45) is 0. The van der Waals surface area contributed by atoms with Crippen LogP contribution in [0.25, 0.3) is 106 Å². The molecule has 2 aliphatic rings. The number of nitrogens with zero attached hydrogens (tertiary/aromatic N) is 4. The van der Waals surface area contributed by atoms with Gasteiger partial charge in [0.2, 0.25) is 0 Å². The number of rotatable bonds is 4. The maximum absolute atomic E-state index is 7.19. The van der Waals surface area contributed by atoms with Gasteiger partial charge in [0.25, 0.3) is 0 Å².